The van der Waals surface area contributed by atoms with Crippen molar-refractivity contribution in [1.29, 1.82) is 0 Å². The van der Waals surface area contributed by atoms with Crippen LogP contribution in [-0.4, -0.2) is 35.6 Å². The third-order valence-electron chi connectivity index (χ3n) is 5.27. The van der Waals surface area contributed by atoms with Crippen molar-refractivity contribution in [3.05, 3.63) is 23.2 Å². The van der Waals surface area contributed by atoms with Crippen molar-refractivity contribution < 1.29 is 4.74 Å². The standard InChI is InChI=1S/C16H17ClN2OS/c17-12-1-2-13-14(5-12)21-16(18-13)20-15-10-3-9-4-11(15)8-19(6-9)7-10/h1-2,5,9-11,15H,3-4,6-8H2/t9?,10-,11-,15?/m0/s1. The average Bonchev–Trinajstić information content (AvgIpc) is 2.83. The minimum atomic E-state index is 0.369. The molecule has 110 valence electrons. The second kappa shape index (κ2) is 4.58. The number of halogens is 1. The highest BCUT2D eigenvalue weighted by molar-refractivity contribution is 7.20. The molecule has 3 aliphatic heterocycles. The predicted octanol–water partition coefficient (Wildman–Crippen LogP) is 3.67. The maximum Gasteiger partial charge on any atom is 0.274 e. The summed E-state index contributed by atoms with van der Waals surface area (Å²) in [6.45, 7) is 3.75. The zero-order valence-electron chi connectivity index (χ0n) is 11.7. The third-order valence-corrected chi connectivity index (χ3v) is 6.42. The molecule has 0 radical (unpaired) electrons. The molecule has 4 aliphatic rings. The normalized spacial score (nSPS) is 37.3. The largest absolute Gasteiger partial charge is 0.466 e. The van der Waals surface area contributed by atoms with Gasteiger partial charge in [0.25, 0.3) is 5.19 Å². The van der Waals surface area contributed by atoms with Gasteiger partial charge >= 0.3 is 0 Å². The summed E-state index contributed by atoms with van der Waals surface area (Å²) in [5.41, 5.74) is 0.993. The molecule has 5 heteroatoms. The molecule has 2 atom stereocenters. The predicted molar refractivity (Wildman–Crippen MR) is 85.2 cm³/mol. The molecule has 0 N–H and O–H groups in total. The van der Waals surface area contributed by atoms with Gasteiger partial charge in [0, 0.05) is 36.5 Å². The Balaban J connectivity index is 1.43. The van der Waals surface area contributed by atoms with Crippen LogP contribution in [0.1, 0.15) is 12.8 Å². The monoisotopic (exact) mass is 320 g/mol. The molecule has 2 aromatic rings. The Hall–Kier alpha value is -0.840. The van der Waals surface area contributed by atoms with E-state index in [-0.39, 0.29) is 0 Å². The highest BCUT2D eigenvalue weighted by atomic mass is 35.5. The number of hydrogen-bond acceptors (Lipinski definition) is 4. The Morgan fingerprint density at radius 3 is 2.76 bits per heavy atom. The Kier molecular flexibility index (Phi) is 2.76. The van der Waals surface area contributed by atoms with Gasteiger partial charge in [0.1, 0.15) is 6.10 Å². The summed E-state index contributed by atoms with van der Waals surface area (Å²) in [5, 5.41) is 1.58. The summed E-state index contributed by atoms with van der Waals surface area (Å²) in [7, 11) is 0. The van der Waals surface area contributed by atoms with E-state index in [1.807, 2.05) is 18.2 Å². The number of ether oxygens (including phenoxy) is 1. The molecule has 1 saturated carbocycles. The molecule has 0 amide bonds. The molecule has 0 spiro atoms. The summed E-state index contributed by atoms with van der Waals surface area (Å²) in [6, 6.07) is 5.84. The van der Waals surface area contributed by atoms with Gasteiger partial charge in [-0.15, -0.1) is 0 Å². The SMILES string of the molecule is Clc1ccc2nc(OC3[C@H]4CC5C[C@H]3CN(C5)C4)sc2c1. The molecule has 6 rings (SSSR count). The molecule has 4 heterocycles. The molecule has 1 aromatic carbocycles. The van der Waals surface area contributed by atoms with Crippen molar-refractivity contribution in [3.63, 3.8) is 0 Å². The van der Waals surface area contributed by atoms with E-state index in [2.05, 4.69) is 9.88 Å². The lowest BCUT2D eigenvalue weighted by atomic mass is 9.66. The number of rotatable bonds is 2. The summed E-state index contributed by atoms with van der Waals surface area (Å²) in [5.74, 6) is 2.32. The van der Waals surface area contributed by atoms with Crippen molar-refractivity contribution in [3.8, 4) is 5.19 Å². The van der Waals surface area contributed by atoms with Crippen LogP contribution in [0.3, 0.4) is 0 Å². The van der Waals surface area contributed by atoms with E-state index < -0.39 is 0 Å². The molecule has 4 bridgehead atoms. The number of benzene rings is 1. The number of piperidine rings is 3. The van der Waals surface area contributed by atoms with Crippen molar-refractivity contribution >= 4 is 33.2 Å². The first-order valence-electron chi connectivity index (χ1n) is 7.70. The lowest BCUT2D eigenvalue weighted by molar-refractivity contribution is -0.0984. The van der Waals surface area contributed by atoms with Crippen LogP contribution in [0.5, 0.6) is 5.19 Å². The quantitative estimate of drug-likeness (QED) is 0.844. The summed E-state index contributed by atoms with van der Waals surface area (Å²) in [6.07, 6.45) is 3.05. The highest BCUT2D eigenvalue weighted by Crippen LogP contribution is 2.45. The van der Waals surface area contributed by atoms with E-state index in [1.165, 1.54) is 32.5 Å². The Bertz CT molecular complexity index is 673. The molecule has 3 nitrogen and oxygen atoms in total. The Morgan fingerprint density at radius 2 is 2.00 bits per heavy atom. The van der Waals surface area contributed by atoms with Crippen LogP contribution in [0.4, 0.5) is 0 Å². The topological polar surface area (TPSA) is 25.4 Å². The van der Waals surface area contributed by atoms with E-state index >= 15 is 0 Å². The fourth-order valence-corrected chi connectivity index (χ4v) is 5.73. The van der Waals surface area contributed by atoms with Gasteiger partial charge in [-0.3, -0.25) is 0 Å². The van der Waals surface area contributed by atoms with Crippen LogP contribution in [0.2, 0.25) is 5.02 Å². The van der Waals surface area contributed by atoms with Crippen LogP contribution < -0.4 is 4.74 Å². The summed E-state index contributed by atoms with van der Waals surface area (Å²) in [4.78, 5) is 7.26. The van der Waals surface area contributed by atoms with Gasteiger partial charge in [-0.25, -0.2) is 4.98 Å². The van der Waals surface area contributed by atoms with Gasteiger partial charge in [-0.05, 0) is 37.0 Å². The van der Waals surface area contributed by atoms with Crippen LogP contribution >= 0.6 is 22.9 Å². The average molecular weight is 321 g/mol. The lowest BCUT2D eigenvalue weighted by Crippen LogP contribution is -2.61. The second-order valence-electron chi connectivity index (χ2n) is 6.75. The van der Waals surface area contributed by atoms with Gasteiger partial charge in [-0.1, -0.05) is 22.9 Å². The van der Waals surface area contributed by atoms with Crippen molar-refractivity contribution in [2.24, 2.45) is 17.8 Å². The van der Waals surface area contributed by atoms with E-state index in [4.69, 9.17) is 16.3 Å². The first-order valence-corrected chi connectivity index (χ1v) is 8.89. The zero-order chi connectivity index (χ0) is 14.0. The zero-order valence-corrected chi connectivity index (χ0v) is 13.2. The third kappa shape index (κ3) is 2.07. The summed E-state index contributed by atoms with van der Waals surface area (Å²) >= 11 is 7.68. The second-order valence-corrected chi connectivity index (χ2v) is 8.18. The van der Waals surface area contributed by atoms with Gasteiger partial charge in [0.05, 0.1) is 10.2 Å². The van der Waals surface area contributed by atoms with Gasteiger partial charge in [0.2, 0.25) is 0 Å². The van der Waals surface area contributed by atoms with E-state index in [0.717, 1.165) is 26.4 Å². The maximum absolute atomic E-state index is 6.35. The molecule has 1 aromatic heterocycles. The smallest absolute Gasteiger partial charge is 0.274 e. The van der Waals surface area contributed by atoms with Crippen molar-refractivity contribution in [1.82, 2.24) is 9.88 Å². The van der Waals surface area contributed by atoms with Crippen molar-refractivity contribution in [2.45, 2.75) is 18.9 Å². The Labute approximate surface area is 132 Å². The van der Waals surface area contributed by atoms with E-state index in [9.17, 15) is 0 Å². The molecule has 21 heavy (non-hydrogen) atoms. The number of fused-ring (bicyclic) bond motifs is 1. The Morgan fingerprint density at radius 1 is 1.19 bits per heavy atom. The van der Waals surface area contributed by atoms with Crippen molar-refractivity contribution in [2.75, 3.05) is 19.6 Å². The van der Waals surface area contributed by atoms with E-state index in [0.29, 0.717) is 17.9 Å². The van der Waals surface area contributed by atoms with Crippen LogP contribution in [-0.2, 0) is 0 Å². The molecule has 4 fully saturated rings. The van der Waals surface area contributed by atoms with Crippen LogP contribution in [0, 0.1) is 17.8 Å². The number of nitrogens with zero attached hydrogens (tertiary/aromatic N) is 2. The fourth-order valence-electron chi connectivity index (χ4n) is 4.60. The minimum absolute atomic E-state index is 0.369. The summed E-state index contributed by atoms with van der Waals surface area (Å²) < 4.78 is 7.47. The lowest BCUT2D eigenvalue weighted by Gasteiger charge is -2.55. The molecule has 0 unspecified atom stereocenters. The first kappa shape index (κ1) is 12.7. The van der Waals surface area contributed by atoms with Crippen LogP contribution in [0.15, 0.2) is 18.2 Å². The van der Waals surface area contributed by atoms with Crippen LogP contribution in [0.25, 0.3) is 10.2 Å². The first-order chi connectivity index (χ1) is 10.2. The maximum atomic E-state index is 6.35. The minimum Gasteiger partial charge on any atom is -0.466 e. The van der Waals surface area contributed by atoms with Gasteiger partial charge in [-0.2, -0.15) is 0 Å². The van der Waals surface area contributed by atoms with Gasteiger partial charge in [0.15, 0.2) is 0 Å². The number of aromatic nitrogens is 1. The van der Waals surface area contributed by atoms with Gasteiger partial charge < -0.3 is 9.64 Å². The number of hydrogen-bond donors (Lipinski definition) is 0. The fraction of sp³-hybridized carbons (Fsp3) is 0.562. The molecular formula is C16H17ClN2OS. The number of thiazole rings is 1. The molecule has 3 saturated heterocycles. The highest BCUT2D eigenvalue weighted by Gasteiger charge is 2.48. The molecule has 1 aliphatic carbocycles. The van der Waals surface area contributed by atoms with E-state index in [1.54, 1.807) is 11.3 Å². The molecular weight excluding hydrogens is 304 g/mol.